The van der Waals surface area contributed by atoms with Crippen molar-refractivity contribution in [1.82, 2.24) is 4.90 Å². The number of carbonyl (C=O) groups is 1. The molecule has 1 aliphatic carbocycles. The van der Waals surface area contributed by atoms with Gasteiger partial charge in [-0.1, -0.05) is 24.6 Å². The highest BCUT2D eigenvalue weighted by Gasteiger charge is 2.26. The van der Waals surface area contributed by atoms with Gasteiger partial charge in [-0.2, -0.15) is 0 Å². The molecule has 1 aromatic carbocycles. The maximum Gasteiger partial charge on any atom is 0.321 e. The van der Waals surface area contributed by atoms with Crippen LogP contribution in [0.2, 0.25) is 0 Å². The molecule has 0 unspecified atom stereocenters. The van der Waals surface area contributed by atoms with Crippen molar-refractivity contribution in [3.63, 3.8) is 0 Å². The first kappa shape index (κ1) is 14.9. The Morgan fingerprint density at radius 3 is 2.35 bits per heavy atom. The molecule has 20 heavy (non-hydrogen) atoms. The minimum Gasteiger partial charge on any atom is -0.324 e. The van der Waals surface area contributed by atoms with Crippen LogP contribution in [0.1, 0.15) is 42.9 Å². The first-order valence-corrected chi connectivity index (χ1v) is 7.65. The molecule has 0 heterocycles. The van der Waals surface area contributed by atoms with E-state index in [1.54, 1.807) is 0 Å². The topological polar surface area (TPSA) is 32.3 Å². The van der Waals surface area contributed by atoms with Gasteiger partial charge in [0.2, 0.25) is 0 Å². The van der Waals surface area contributed by atoms with E-state index in [0.29, 0.717) is 0 Å². The molecule has 0 radical (unpaired) electrons. The fraction of sp³-hybridized carbons (Fsp3) is 0.588. The zero-order chi connectivity index (χ0) is 14.7. The molecule has 0 aromatic heterocycles. The standard InChI is InChI=1S/C17H26N2O/c1-5-8-19(11-15-6-7-15)17(20)18-16-13(3)9-12(2)10-14(16)4/h9-10,15H,5-8,11H2,1-4H3,(H,18,20). The summed E-state index contributed by atoms with van der Waals surface area (Å²) in [4.78, 5) is 14.4. The smallest absolute Gasteiger partial charge is 0.321 e. The van der Waals surface area contributed by atoms with Gasteiger partial charge in [0, 0.05) is 18.8 Å². The molecule has 0 spiro atoms. The Morgan fingerprint density at radius 2 is 1.85 bits per heavy atom. The summed E-state index contributed by atoms with van der Waals surface area (Å²) >= 11 is 0. The Kier molecular flexibility index (Phi) is 4.69. The van der Waals surface area contributed by atoms with Gasteiger partial charge in [-0.15, -0.1) is 0 Å². The third kappa shape index (κ3) is 3.75. The molecule has 1 aliphatic rings. The highest BCUT2D eigenvalue weighted by molar-refractivity contribution is 5.91. The molecule has 3 nitrogen and oxygen atoms in total. The van der Waals surface area contributed by atoms with Crippen LogP contribution in [0, 0.1) is 26.7 Å². The highest BCUT2D eigenvalue weighted by Crippen LogP contribution is 2.30. The largest absolute Gasteiger partial charge is 0.324 e. The Hall–Kier alpha value is -1.51. The minimum absolute atomic E-state index is 0.0498. The van der Waals surface area contributed by atoms with E-state index < -0.39 is 0 Å². The lowest BCUT2D eigenvalue weighted by Gasteiger charge is -2.24. The van der Waals surface area contributed by atoms with E-state index in [1.165, 1.54) is 18.4 Å². The number of amides is 2. The Bertz CT molecular complexity index is 469. The van der Waals surface area contributed by atoms with Crippen LogP contribution in [0.25, 0.3) is 0 Å². The van der Waals surface area contributed by atoms with Crippen LogP contribution in [0.15, 0.2) is 12.1 Å². The molecule has 2 rings (SSSR count). The molecular weight excluding hydrogens is 248 g/mol. The van der Waals surface area contributed by atoms with Crippen molar-refractivity contribution in [3.05, 3.63) is 28.8 Å². The third-order valence-electron chi connectivity index (χ3n) is 3.87. The molecule has 2 amide bonds. The predicted octanol–water partition coefficient (Wildman–Crippen LogP) is 4.27. The van der Waals surface area contributed by atoms with Crippen LogP contribution in [0.4, 0.5) is 10.5 Å². The van der Waals surface area contributed by atoms with Crippen molar-refractivity contribution in [1.29, 1.82) is 0 Å². The lowest BCUT2D eigenvalue weighted by molar-refractivity contribution is 0.209. The maximum atomic E-state index is 12.5. The quantitative estimate of drug-likeness (QED) is 0.854. The van der Waals surface area contributed by atoms with Gasteiger partial charge in [0.25, 0.3) is 0 Å². The van der Waals surface area contributed by atoms with Crippen LogP contribution in [0.5, 0.6) is 0 Å². The molecule has 1 fully saturated rings. The normalized spacial score (nSPS) is 14.2. The lowest BCUT2D eigenvalue weighted by atomic mass is 10.1. The SMILES string of the molecule is CCCN(CC1CC1)C(=O)Nc1c(C)cc(C)cc1C. The second-order valence-electron chi connectivity index (χ2n) is 6.09. The summed E-state index contributed by atoms with van der Waals surface area (Å²) in [5.41, 5.74) is 4.48. The summed E-state index contributed by atoms with van der Waals surface area (Å²) in [6.07, 6.45) is 3.55. The number of nitrogens with one attached hydrogen (secondary N) is 1. The van der Waals surface area contributed by atoms with Gasteiger partial charge < -0.3 is 10.2 Å². The molecular formula is C17H26N2O. The predicted molar refractivity (Wildman–Crippen MR) is 84.3 cm³/mol. The van der Waals surface area contributed by atoms with Crippen molar-refractivity contribution < 1.29 is 4.79 Å². The highest BCUT2D eigenvalue weighted by atomic mass is 16.2. The van der Waals surface area contributed by atoms with Gasteiger partial charge >= 0.3 is 6.03 Å². The second-order valence-corrected chi connectivity index (χ2v) is 6.09. The lowest BCUT2D eigenvalue weighted by Crippen LogP contribution is -2.37. The van der Waals surface area contributed by atoms with Crippen molar-refractivity contribution in [2.45, 2.75) is 47.0 Å². The van der Waals surface area contributed by atoms with Gasteiger partial charge in [-0.05, 0) is 57.1 Å². The summed E-state index contributed by atoms with van der Waals surface area (Å²) in [5, 5.41) is 3.11. The number of rotatable bonds is 5. The number of benzene rings is 1. The van der Waals surface area contributed by atoms with Crippen LogP contribution in [-0.4, -0.2) is 24.0 Å². The third-order valence-corrected chi connectivity index (χ3v) is 3.87. The average molecular weight is 274 g/mol. The van der Waals surface area contributed by atoms with Crippen LogP contribution in [0.3, 0.4) is 0 Å². The summed E-state index contributed by atoms with van der Waals surface area (Å²) in [6.45, 7) is 10.1. The number of urea groups is 1. The van der Waals surface area contributed by atoms with Crippen LogP contribution < -0.4 is 5.32 Å². The Balaban J connectivity index is 2.08. The fourth-order valence-corrected chi connectivity index (χ4v) is 2.72. The minimum atomic E-state index is 0.0498. The number of anilines is 1. The molecule has 110 valence electrons. The number of aryl methyl sites for hydroxylation is 3. The van der Waals surface area contributed by atoms with E-state index in [-0.39, 0.29) is 6.03 Å². The Labute approximate surface area is 122 Å². The number of hydrogen-bond donors (Lipinski definition) is 1. The van der Waals surface area contributed by atoms with E-state index in [9.17, 15) is 4.79 Å². The summed E-state index contributed by atoms with van der Waals surface area (Å²) in [7, 11) is 0. The van der Waals surface area contributed by atoms with Gasteiger partial charge in [0.15, 0.2) is 0 Å². The number of nitrogens with zero attached hydrogens (tertiary/aromatic N) is 1. The van der Waals surface area contributed by atoms with E-state index in [0.717, 1.165) is 42.2 Å². The molecule has 3 heteroatoms. The van der Waals surface area contributed by atoms with E-state index in [2.05, 4.69) is 45.1 Å². The molecule has 1 N–H and O–H groups in total. The van der Waals surface area contributed by atoms with Crippen molar-refractivity contribution in [2.75, 3.05) is 18.4 Å². The monoisotopic (exact) mass is 274 g/mol. The summed E-state index contributed by atoms with van der Waals surface area (Å²) < 4.78 is 0. The molecule has 1 saturated carbocycles. The van der Waals surface area contributed by atoms with Gasteiger partial charge in [-0.3, -0.25) is 0 Å². The summed E-state index contributed by atoms with van der Waals surface area (Å²) in [5.74, 6) is 0.729. The van der Waals surface area contributed by atoms with Crippen molar-refractivity contribution >= 4 is 11.7 Å². The summed E-state index contributed by atoms with van der Waals surface area (Å²) in [6, 6.07) is 4.29. The first-order valence-electron chi connectivity index (χ1n) is 7.65. The van der Waals surface area contributed by atoms with Gasteiger partial charge in [0.05, 0.1) is 0 Å². The van der Waals surface area contributed by atoms with Crippen molar-refractivity contribution in [2.24, 2.45) is 5.92 Å². The van der Waals surface area contributed by atoms with Crippen LogP contribution >= 0.6 is 0 Å². The van der Waals surface area contributed by atoms with E-state index in [4.69, 9.17) is 0 Å². The molecule has 1 aromatic rings. The zero-order valence-electron chi connectivity index (χ0n) is 13.1. The molecule has 0 atom stereocenters. The first-order chi connectivity index (χ1) is 9.51. The van der Waals surface area contributed by atoms with Gasteiger partial charge in [0.1, 0.15) is 0 Å². The van der Waals surface area contributed by atoms with Gasteiger partial charge in [-0.25, -0.2) is 4.79 Å². The molecule has 0 bridgehead atoms. The Morgan fingerprint density at radius 1 is 1.25 bits per heavy atom. The second kappa shape index (κ2) is 6.29. The van der Waals surface area contributed by atoms with E-state index in [1.807, 2.05) is 4.90 Å². The zero-order valence-corrected chi connectivity index (χ0v) is 13.1. The molecule has 0 aliphatic heterocycles. The number of hydrogen-bond acceptors (Lipinski definition) is 1. The molecule has 0 saturated heterocycles. The number of carbonyl (C=O) groups excluding carboxylic acids is 1. The fourth-order valence-electron chi connectivity index (χ4n) is 2.72. The van der Waals surface area contributed by atoms with Crippen LogP contribution in [-0.2, 0) is 0 Å². The maximum absolute atomic E-state index is 12.5. The van der Waals surface area contributed by atoms with Crippen molar-refractivity contribution in [3.8, 4) is 0 Å². The van der Waals surface area contributed by atoms with E-state index >= 15 is 0 Å². The average Bonchev–Trinajstić information content (AvgIpc) is 3.17.